The number of rotatable bonds is 5. The first-order valence-electron chi connectivity index (χ1n) is 8.14. The van der Waals surface area contributed by atoms with Crippen molar-refractivity contribution in [1.29, 1.82) is 0 Å². The summed E-state index contributed by atoms with van der Waals surface area (Å²) in [5.41, 5.74) is 6.10. The largest absolute Gasteiger partial charge is 0.378 e. The molecule has 3 aromatic rings. The molecule has 0 fully saturated rings. The molecular weight excluding hydrogens is 296 g/mol. The van der Waals surface area contributed by atoms with E-state index in [0.29, 0.717) is 6.54 Å². The number of nitrogens with one attached hydrogen (secondary N) is 1. The van der Waals surface area contributed by atoms with Gasteiger partial charge in [0, 0.05) is 28.3 Å². The van der Waals surface area contributed by atoms with Crippen LogP contribution in [0.15, 0.2) is 60.7 Å². The molecule has 0 bridgehead atoms. The standard InChI is InChI=1S/C21H22N2O/c1-15-9-11-19(12-10-15)23-16(2)13-20(17(23)3)21(24)14-22-18-7-5-4-6-8-18/h4-13,22H,14H2,1-3H3. The van der Waals surface area contributed by atoms with Crippen LogP contribution < -0.4 is 5.32 Å². The van der Waals surface area contributed by atoms with Crippen LogP contribution in [0.3, 0.4) is 0 Å². The van der Waals surface area contributed by atoms with Crippen LogP contribution in [0.25, 0.3) is 5.69 Å². The molecular formula is C21H22N2O. The zero-order valence-electron chi connectivity index (χ0n) is 14.3. The number of aromatic nitrogens is 1. The molecule has 3 rings (SSSR count). The van der Waals surface area contributed by atoms with E-state index >= 15 is 0 Å². The number of nitrogens with zero attached hydrogens (tertiary/aromatic N) is 1. The van der Waals surface area contributed by atoms with E-state index in [1.807, 2.05) is 50.2 Å². The topological polar surface area (TPSA) is 34.0 Å². The fourth-order valence-corrected chi connectivity index (χ4v) is 2.97. The molecule has 0 radical (unpaired) electrons. The number of anilines is 1. The molecule has 3 heteroatoms. The summed E-state index contributed by atoms with van der Waals surface area (Å²) in [5.74, 6) is 0.102. The monoisotopic (exact) mass is 318 g/mol. The number of carbonyl (C=O) groups is 1. The Morgan fingerprint density at radius 1 is 0.958 bits per heavy atom. The van der Waals surface area contributed by atoms with Crippen LogP contribution in [0.4, 0.5) is 5.69 Å². The van der Waals surface area contributed by atoms with Crippen molar-refractivity contribution in [1.82, 2.24) is 4.57 Å². The minimum Gasteiger partial charge on any atom is -0.378 e. The second kappa shape index (κ2) is 6.75. The highest BCUT2D eigenvalue weighted by molar-refractivity contribution is 6.00. The van der Waals surface area contributed by atoms with Gasteiger partial charge in [0.1, 0.15) is 0 Å². The number of benzene rings is 2. The molecule has 1 N–H and O–H groups in total. The second-order valence-electron chi connectivity index (χ2n) is 6.10. The van der Waals surface area contributed by atoms with E-state index in [0.717, 1.165) is 28.3 Å². The summed E-state index contributed by atoms with van der Waals surface area (Å²) in [7, 11) is 0. The van der Waals surface area contributed by atoms with E-state index in [1.165, 1.54) is 5.56 Å². The number of para-hydroxylation sites is 1. The van der Waals surface area contributed by atoms with E-state index in [1.54, 1.807) is 0 Å². The first-order chi connectivity index (χ1) is 11.6. The van der Waals surface area contributed by atoms with Crippen LogP contribution in [-0.2, 0) is 0 Å². The molecule has 0 unspecified atom stereocenters. The summed E-state index contributed by atoms with van der Waals surface area (Å²) in [6.45, 7) is 6.41. The van der Waals surface area contributed by atoms with Gasteiger partial charge in [-0.2, -0.15) is 0 Å². The Morgan fingerprint density at radius 3 is 2.29 bits per heavy atom. The molecule has 0 aliphatic heterocycles. The van der Waals surface area contributed by atoms with Crippen molar-refractivity contribution < 1.29 is 4.79 Å². The lowest BCUT2D eigenvalue weighted by atomic mass is 10.1. The van der Waals surface area contributed by atoms with E-state index < -0.39 is 0 Å². The average molecular weight is 318 g/mol. The molecule has 0 saturated carbocycles. The van der Waals surface area contributed by atoms with Gasteiger partial charge in [0.15, 0.2) is 5.78 Å². The van der Waals surface area contributed by atoms with Gasteiger partial charge < -0.3 is 9.88 Å². The van der Waals surface area contributed by atoms with Gasteiger partial charge in [0.2, 0.25) is 0 Å². The highest BCUT2D eigenvalue weighted by Crippen LogP contribution is 2.21. The van der Waals surface area contributed by atoms with Gasteiger partial charge in [-0.3, -0.25) is 4.79 Å². The molecule has 0 saturated heterocycles. The first-order valence-corrected chi connectivity index (χ1v) is 8.14. The first kappa shape index (κ1) is 16.1. The van der Waals surface area contributed by atoms with Crippen molar-refractivity contribution in [3.63, 3.8) is 0 Å². The van der Waals surface area contributed by atoms with Crippen LogP contribution >= 0.6 is 0 Å². The van der Waals surface area contributed by atoms with Crippen molar-refractivity contribution >= 4 is 11.5 Å². The van der Waals surface area contributed by atoms with Crippen molar-refractivity contribution in [2.75, 3.05) is 11.9 Å². The predicted octanol–water partition coefficient (Wildman–Crippen LogP) is 4.70. The van der Waals surface area contributed by atoms with Crippen molar-refractivity contribution in [3.05, 3.63) is 83.2 Å². The minimum absolute atomic E-state index is 0.102. The Kier molecular flexibility index (Phi) is 4.52. The summed E-state index contributed by atoms with van der Waals surface area (Å²) >= 11 is 0. The maximum Gasteiger partial charge on any atom is 0.183 e. The Morgan fingerprint density at radius 2 is 1.62 bits per heavy atom. The third-order valence-electron chi connectivity index (χ3n) is 4.25. The Bertz CT molecular complexity index is 846. The maximum absolute atomic E-state index is 12.6. The van der Waals surface area contributed by atoms with Crippen LogP contribution in [0, 0.1) is 20.8 Å². The molecule has 1 aromatic heterocycles. The number of carbonyl (C=O) groups excluding carboxylic acids is 1. The number of hydrogen-bond donors (Lipinski definition) is 1. The second-order valence-corrected chi connectivity index (χ2v) is 6.10. The maximum atomic E-state index is 12.6. The van der Waals surface area contributed by atoms with Gasteiger partial charge in [0.05, 0.1) is 6.54 Å². The summed E-state index contributed by atoms with van der Waals surface area (Å²) in [6.07, 6.45) is 0. The molecule has 1 heterocycles. The predicted molar refractivity (Wildman–Crippen MR) is 99.2 cm³/mol. The summed E-state index contributed by atoms with van der Waals surface area (Å²) < 4.78 is 2.13. The van der Waals surface area contributed by atoms with E-state index in [9.17, 15) is 4.79 Å². The third kappa shape index (κ3) is 3.25. The van der Waals surface area contributed by atoms with Gasteiger partial charge in [0.25, 0.3) is 0 Å². The third-order valence-corrected chi connectivity index (χ3v) is 4.25. The van der Waals surface area contributed by atoms with Gasteiger partial charge in [-0.15, -0.1) is 0 Å². The molecule has 0 spiro atoms. The Hall–Kier alpha value is -2.81. The van der Waals surface area contributed by atoms with Crippen LogP contribution in [0.1, 0.15) is 27.3 Å². The normalized spacial score (nSPS) is 10.6. The van der Waals surface area contributed by atoms with Crippen LogP contribution in [0.5, 0.6) is 0 Å². The van der Waals surface area contributed by atoms with Crippen LogP contribution in [-0.4, -0.2) is 16.9 Å². The number of Topliss-reactive ketones (excluding diaryl/α,β-unsaturated/α-hetero) is 1. The smallest absolute Gasteiger partial charge is 0.183 e. The van der Waals surface area contributed by atoms with Gasteiger partial charge in [-0.05, 0) is 51.1 Å². The molecule has 3 nitrogen and oxygen atoms in total. The number of aryl methyl sites for hydroxylation is 2. The highest BCUT2D eigenvalue weighted by Gasteiger charge is 2.16. The van der Waals surface area contributed by atoms with E-state index in [-0.39, 0.29) is 5.78 Å². The zero-order valence-corrected chi connectivity index (χ0v) is 14.3. The molecule has 0 amide bonds. The lowest BCUT2D eigenvalue weighted by Crippen LogP contribution is -2.14. The van der Waals surface area contributed by atoms with Crippen LogP contribution in [0.2, 0.25) is 0 Å². The fourth-order valence-electron chi connectivity index (χ4n) is 2.97. The van der Waals surface area contributed by atoms with E-state index in [4.69, 9.17) is 0 Å². The number of hydrogen-bond acceptors (Lipinski definition) is 2. The fraction of sp³-hybridized carbons (Fsp3) is 0.190. The Labute approximate surface area is 143 Å². The van der Waals surface area contributed by atoms with Crippen molar-refractivity contribution in [3.8, 4) is 5.69 Å². The quantitative estimate of drug-likeness (QED) is 0.692. The summed E-state index contributed by atoms with van der Waals surface area (Å²) in [6, 6.07) is 20.1. The SMILES string of the molecule is Cc1ccc(-n2c(C)cc(C(=O)CNc3ccccc3)c2C)cc1. The minimum atomic E-state index is 0.102. The van der Waals surface area contributed by atoms with E-state index in [2.05, 4.69) is 41.1 Å². The van der Waals surface area contributed by atoms with Gasteiger partial charge in [-0.1, -0.05) is 35.9 Å². The summed E-state index contributed by atoms with van der Waals surface area (Å²) in [5, 5.41) is 3.19. The highest BCUT2D eigenvalue weighted by atomic mass is 16.1. The summed E-state index contributed by atoms with van der Waals surface area (Å²) in [4.78, 5) is 12.6. The molecule has 0 atom stereocenters. The molecule has 122 valence electrons. The average Bonchev–Trinajstić information content (AvgIpc) is 2.89. The lowest BCUT2D eigenvalue weighted by molar-refractivity contribution is 0.101. The van der Waals surface area contributed by atoms with Gasteiger partial charge >= 0.3 is 0 Å². The number of ketones is 1. The molecule has 0 aliphatic rings. The molecule has 0 aliphatic carbocycles. The van der Waals surface area contributed by atoms with Crippen molar-refractivity contribution in [2.45, 2.75) is 20.8 Å². The lowest BCUT2D eigenvalue weighted by Gasteiger charge is -2.10. The Balaban J connectivity index is 1.83. The zero-order chi connectivity index (χ0) is 17.1. The van der Waals surface area contributed by atoms with Crippen molar-refractivity contribution in [2.24, 2.45) is 0 Å². The van der Waals surface area contributed by atoms with Gasteiger partial charge in [-0.25, -0.2) is 0 Å². The molecule has 2 aromatic carbocycles. The molecule has 24 heavy (non-hydrogen) atoms.